The van der Waals surface area contributed by atoms with E-state index in [1.807, 2.05) is 0 Å². The lowest BCUT2D eigenvalue weighted by atomic mass is 10.0. The van der Waals surface area contributed by atoms with Gasteiger partial charge in [-0.2, -0.15) is 0 Å². The summed E-state index contributed by atoms with van der Waals surface area (Å²) in [6.45, 7) is 4.99. The minimum Gasteiger partial charge on any atom is -0.466 e. The fourth-order valence-corrected chi connectivity index (χ4v) is 10.3. The summed E-state index contributed by atoms with van der Waals surface area (Å²) in [5.74, 6) is -0.0229. The van der Waals surface area contributed by atoms with Crippen LogP contribution >= 0.6 is 0 Å². The molecule has 0 saturated heterocycles. The number of carbonyl (C=O) groups is 2. The van der Waals surface area contributed by atoms with Crippen LogP contribution in [0.2, 0.25) is 0 Å². The number of aliphatic hydroxyl groups excluding tert-OH is 2. The number of unbranched alkanes of at least 4 members (excludes halogenated alkanes) is 49. The molecule has 0 aliphatic carbocycles. The topological polar surface area (TPSA) is 95.9 Å². The third kappa shape index (κ3) is 56.0. The van der Waals surface area contributed by atoms with Crippen molar-refractivity contribution < 1.29 is 24.5 Å². The van der Waals surface area contributed by atoms with E-state index in [0.29, 0.717) is 25.9 Å². The molecule has 69 heavy (non-hydrogen) atoms. The van der Waals surface area contributed by atoms with Crippen LogP contribution in [0.25, 0.3) is 0 Å². The summed E-state index contributed by atoms with van der Waals surface area (Å²) in [6, 6.07) is -0.544. The molecule has 0 aliphatic heterocycles. The maximum atomic E-state index is 12.5. The number of rotatable bonds is 60. The average molecular weight is 977 g/mol. The second-order valence-corrected chi connectivity index (χ2v) is 22.1. The van der Waals surface area contributed by atoms with Crippen molar-refractivity contribution in [1.29, 1.82) is 0 Å². The van der Waals surface area contributed by atoms with Crippen LogP contribution in [-0.4, -0.2) is 47.4 Å². The number of ether oxygens (including phenoxy) is 1. The van der Waals surface area contributed by atoms with E-state index in [-0.39, 0.29) is 18.5 Å². The van der Waals surface area contributed by atoms with E-state index in [9.17, 15) is 19.8 Å². The standard InChI is InChI=1S/C63H125NO5/c1-3-5-7-9-11-13-15-17-19-20-21-24-28-31-35-39-43-47-51-55-61(66)60(59-65)64-62(67)56-52-48-44-40-36-32-29-25-22-23-26-30-34-38-42-46-50-54-58-69-63(68)57-53-49-45-41-37-33-27-18-16-14-12-10-8-6-4-2/h60-61,65-66H,3-59H2,1-2H3,(H,64,67). The second-order valence-electron chi connectivity index (χ2n) is 22.1. The zero-order valence-electron chi connectivity index (χ0n) is 47.1. The number of hydrogen-bond donors (Lipinski definition) is 3. The Morgan fingerprint density at radius 3 is 0.884 bits per heavy atom. The first-order chi connectivity index (χ1) is 34.0. The van der Waals surface area contributed by atoms with Crippen LogP contribution in [0.4, 0.5) is 0 Å². The molecular formula is C63H125NO5. The van der Waals surface area contributed by atoms with Crippen molar-refractivity contribution >= 4 is 11.9 Å². The molecule has 0 heterocycles. The smallest absolute Gasteiger partial charge is 0.305 e. The zero-order valence-corrected chi connectivity index (χ0v) is 47.1. The van der Waals surface area contributed by atoms with E-state index in [2.05, 4.69) is 19.2 Å². The largest absolute Gasteiger partial charge is 0.466 e. The average Bonchev–Trinajstić information content (AvgIpc) is 3.35. The number of hydrogen-bond acceptors (Lipinski definition) is 5. The van der Waals surface area contributed by atoms with E-state index in [1.54, 1.807) is 0 Å². The molecule has 0 aromatic carbocycles. The van der Waals surface area contributed by atoms with Gasteiger partial charge in [0.15, 0.2) is 0 Å². The van der Waals surface area contributed by atoms with Crippen LogP contribution in [0, 0.1) is 0 Å². The molecule has 2 atom stereocenters. The van der Waals surface area contributed by atoms with Gasteiger partial charge in [0.25, 0.3) is 0 Å². The first-order valence-electron chi connectivity index (χ1n) is 31.8. The van der Waals surface area contributed by atoms with E-state index < -0.39 is 12.1 Å². The third-order valence-corrected chi connectivity index (χ3v) is 15.2. The van der Waals surface area contributed by atoms with Crippen molar-refractivity contribution in [2.75, 3.05) is 13.2 Å². The van der Waals surface area contributed by atoms with Gasteiger partial charge in [0.1, 0.15) is 0 Å². The minimum atomic E-state index is -0.666. The second kappa shape index (κ2) is 59.4. The summed E-state index contributed by atoms with van der Waals surface area (Å²) >= 11 is 0. The van der Waals surface area contributed by atoms with Crippen LogP contribution in [0.15, 0.2) is 0 Å². The Bertz CT molecular complexity index is 990. The van der Waals surface area contributed by atoms with Crippen molar-refractivity contribution in [3.8, 4) is 0 Å². The summed E-state index contributed by atoms with van der Waals surface area (Å²) in [6.07, 6.45) is 69.7. The molecule has 1 amide bonds. The summed E-state index contributed by atoms with van der Waals surface area (Å²) in [7, 11) is 0. The van der Waals surface area contributed by atoms with E-state index >= 15 is 0 Å². The molecule has 0 rings (SSSR count). The van der Waals surface area contributed by atoms with Crippen LogP contribution in [0.1, 0.15) is 367 Å². The molecule has 0 spiro atoms. The number of carbonyl (C=O) groups excluding carboxylic acids is 2. The van der Waals surface area contributed by atoms with Crippen molar-refractivity contribution in [3.63, 3.8) is 0 Å². The van der Waals surface area contributed by atoms with Crippen LogP contribution < -0.4 is 5.32 Å². The molecule has 0 aromatic heterocycles. The number of aliphatic hydroxyl groups is 2. The Hall–Kier alpha value is -1.14. The highest BCUT2D eigenvalue weighted by atomic mass is 16.5. The summed E-state index contributed by atoms with van der Waals surface area (Å²) in [4.78, 5) is 24.6. The molecule has 412 valence electrons. The van der Waals surface area contributed by atoms with Crippen molar-refractivity contribution in [1.82, 2.24) is 5.32 Å². The Balaban J connectivity index is 3.39. The summed E-state index contributed by atoms with van der Waals surface area (Å²) < 4.78 is 5.49. The van der Waals surface area contributed by atoms with Gasteiger partial charge in [0, 0.05) is 12.8 Å². The lowest BCUT2D eigenvalue weighted by molar-refractivity contribution is -0.143. The van der Waals surface area contributed by atoms with Crippen molar-refractivity contribution in [3.05, 3.63) is 0 Å². The third-order valence-electron chi connectivity index (χ3n) is 15.2. The molecule has 0 bridgehead atoms. The zero-order chi connectivity index (χ0) is 50.0. The highest BCUT2D eigenvalue weighted by Crippen LogP contribution is 2.19. The fourth-order valence-electron chi connectivity index (χ4n) is 10.3. The predicted molar refractivity (Wildman–Crippen MR) is 301 cm³/mol. The predicted octanol–water partition coefficient (Wildman–Crippen LogP) is 19.9. The first kappa shape index (κ1) is 67.9. The number of nitrogens with one attached hydrogen (secondary N) is 1. The minimum absolute atomic E-state index is 0.0116. The fraction of sp³-hybridized carbons (Fsp3) is 0.968. The molecule has 3 N–H and O–H groups in total. The highest BCUT2D eigenvalue weighted by Gasteiger charge is 2.20. The van der Waals surface area contributed by atoms with Gasteiger partial charge in [-0.1, -0.05) is 328 Å². The van der Waals surface area contributed by atoms with Gasteiger partial charge in [-0.05, 0) is 25.7 Å². The van der Waals surface area contributed by atoms with Gasteiger partial charge in [-0.15, -0.1) is 0 Å². The van der Waals surface area contributed by atoms with Gasteiger partial charge >= 0.3 is 5.97 Å². The monoisotopic (exact) mass is 976 g/mol. The Morgan fingerprint density at radius 1 is 0.348 bits per heavy atom. The lowest BCUT2D eigenvalue weighted by Gasteiger charge is -2.22. The number of amides is 1. The van der Waals surface area contributed by atoms with E-state index in [1.165, 1.54) is 295 Å². The SMILES string of the molecule is CCCCCCCCCCCCCCCCCCCCCC(O)C(CO)NC(=O)CCCCCCCCCCCCCCCCCCCCOC(=O)CCCCCCCCCCCCCCCCC. The molecule has 0 fully saturated rings. The summed E-state index contributed by atoms with van der Waals surface area (Å²) in [5, 5.41) is 23.4. The molecule has 0 aromatic rings. The Kier molecular flexibility index (Phi) is 58.4. The van der Waals surface area contributed by atoms with Gasteiger partial charge in [0.05, 0.1) is 25.4 Å². The van der Waals surface area contributed by atoms with E-state index in [0.717, 1.165) is 38.5 Å². The molecule has 2 unspecified atom stereocenters. The Labute approximate surface area is 432 Å². The first-order valence-corrected chi connectivity index (χ1v) is 31.8. The molecule has 0 radical (unpaired) electrons. The van der Waals surface area contributed by atoms with E-state index in [4.69, 9.17) is 4.74 Å². The normalized spacial score (nSPS) is 12.5. The molecule has 6 nitrogen and oxygen atoms in total. The maximum absolute atomic E-state index is 12.5. The lowest BCUT2D eigenvalue weighted by Crippen LogP contribution is -2.45. The summed E-state index contributed by atoms with van der Waals surface area (Å²) in [5.41, 5.74) is 0. The maximum Gasteiger partial charge on any atom is 0.305 e. The number of esters is 1. The van der Waals surface area contributed by atoms with Crippen LogP contribution in [0.5, 0.6) is 0 Å². The van der Waals surface area contributed by atoms with Gasteiger partial charge in [0.2, 0.25) is 5.91 Å². The Morgan fingerprint density at radius 2 is 0.594 bits per heavy atom. The molecule has 6 heteroatoms. The quantitative estimate of drug-likeness (QED) is 0.0417. The van der Waals surface area contributed by atoms with Gasteiger partial charge in [-0.3, -0.25) is 9.59 Å². The highest BCUT2D eigenvalue weighted by molar-refractivity contribution is 5.76. The van der Waals surface area contributed by atoms with Crippen molar-refractivity contribution in [2.24, 2.45) is 0 Å². The molecule has 0 saturated carbocycles. The van der Waals surface area contributed by atoms with Gasteiger partial charge in [-0.25, -0.2) is 0 Å². The molecule has 0 aliphatic rings. The molecular weight excluding hydrogens is 851 g/mol. The van der Waals surface area contributed by atoms with Crippen molar-refractivity contribution in [2.45, 2.75) is 379 Å². The van der Waals surface area contributed by atoms with Gasteiger partial charge < -0.3 is 20.3 Å². The van der Waals surface area contributed by atoms with Crippen LogP contribution in [-0.2, 0) is 14.3 Å². The van der Waals surface area contributed by atoms with Crippen LogP contribution in [0.3, 0.4) is 0 Å².